The molecule has 0 bridgehead atoms. The van der Waals surface area contributed by atoms with Crippen LogP contribution in [0.2, 0.25) is 0 Å². The quantitative estimate of drug-likeness (QED) is 0.895. The molecule has 0 aliphatic rings. The molecule has 1 heterocycles. The van der Waals surface area contributed by atoms with Crippen molar-refractivity contribution < 1.29 is 4.79 Å². The first-order chi connectivity index (χ1) is 9.19. The van der Waals surface area contributed by atoms with Crippen molar-refractivity contribution >= 4 is 11.6 Å². The highest BCUT2D eigenvalue weighted by molar-refractivity contribution is 5.91. The molecule has 0 radical (unpaired) electrons. The van der Waals surface area contributed by atoms with Crippen molar-refractivity contribution in [2.45, 2.75) is 32.7 Å². The fourth-order valence-electron chi connectivity index (χ4n) is 1.98. The minimum atomic E-state index is 0.0104. The number of carbonyl (C=O) groups excluding carboxylic acids is 1. The van der Waals surface area contributed by atoms with E-state index in [1.807, 2.05) is 37.4 Å². The summed E-state index contributed by atoms with van der Waals surface area (Å²) in [5.41, 5.74) is 2.08. The van der Waals surface area contributed by atoms with Gasteiger partial charge in [0.15, 0.2) is 0 Å². The van der Waals surface area contributed by atoms with Gasteiger partial charge in [-0.25, -0.2) is 0 Å². The number of hydrogen-bond acceptors (Lipinski definition) is 2. The zero-order valence-corrected chi connectivity index (χ0v) is 11.3. The molecule has 4 nitrogen and oxygen atoms in total. The molecule has 1 aromatic carbocycles. The number of hydrogen-bond donors (Lipinski definition) is 1. The van der Waals surface area contributed by atoms with Gasteiger partial charge in [0.25, 0.3) is 0 Å². The lowest BCUT2D eigenvalue weighted by Gasteiger charge is -2.12. The number of aryl methyl sites for hydroxylation is 1. The molecule has 1 N–H and O–H groups in total. The first kappa shape index (κ1) is 13.3. The van der Waals surface area contributed by atoms with Crippen LogP contribution in [0.15, 0.2) is 42.7 Å². The van der Waals surface area contributed by atoms with Crippen LogP contribution >= 0.6 is 0 Å². The van der Waals surface area contributed by atoms with Gasteiger partial charge in [0, 0.05) is 24.5 Å². The van der Waals surface area contributed by atoms with Crippen molar-refractivity contribution in [1.29, 1.82) is 0 Å². The summed E-state index contributed by atoms with van der Waals surface area (Å²) >= 11 is 0. The molecule has 0 aliphatic heterocycles. The third kappa shape index (κ3) is 3.68. The molecule has 19 heavy (non-hydrogen) atoms. The summed E-state index contributed by atoms with van der Waals surface area (Å²) in [6.45, 7) is 4.08. The molecular formula is C15H19N3O. The van der Waals surface area contributed by atoms with E-state index in [1.165, 1.54) is 5.56 Å². The maximum atomic E-state index is 12.0. The number of aromatic nitrogens is 2. The first-order valence-electron chi connectivity index (χ1n) is 6.57. The molecular weight excluding hydrogens is 238 g/mol. The van der Waals surface area contributed by atoms with E-state index in [1.54, 1.807) is 10.9 Å². The monoisotopic (exact) mass is 257 g/mol. The maximum absolute atomic E-state index is 12.0. The minimum absolute atomic E-state index is 0.0104. The van der Waals surface area contributed by atoms with Gasteiger partial charge < -0.3 is 5.32 Å². The van der Waals surface area contributed by atoms with Gasteiger partial charge in [-0.2, -0.15) is 5.10 Å². The molecule has 0 spiro atoms. The molecule has 1 atom stereocenters. The van der Waals surface area contributed by atoms with Crippen molar-refractivity contribution in [1.82, 2.24) is 9.78 Å². The number of nitrogens with zero attached hydrogens (tertiary/aromatic N) is 2. The van der Waals surface area contributed by atoms with Crippen molar-refractivity contribution in [3.8, 4) is 0 Å². The van der Waals surface area contributed by atoms with Gasteiger partial charge in [-0.05, 0) is 37.1 Å². The van der Waals surface area contributed by atoms with Crippen LogP contribution in [-0.2, 0) is 11.2 Å². The van der Waals surface area contributed by atoms with Crippen LogP contribution in [0.25, 0.3) is 0 Å². The summed E-state index contributed by atoms with van der Waals surface area (Å²) in [4.78, 5) is 12.0. The minimum Gasteiger partial charge on any atom is -0.326 e. The van der Waals surface area contributed by atoms with E-state index in [-0.39, 0.29) is 11.9 Å². The van der Waals surface area contributed by atoms with Crippen molar-refractivity contribution in [2.24, 2.45) is 0 Å². The molecule has 1 amide bonds. The van der Waals surface area contributed by atoms with Crippen LogP contribution in [0.5, 0.6) is 0 Å². The number of anilines is 1. The molecule has 0 saturated carbocycles. The highest BCUT2D eigenvalue weighted by Gasteiger charge is 2.11. The number of carbonyl (C=O) groups is 1. The lowest BCUT2D eigenvalue weighted by molar-refractivity contribution is -0.116. The highest BCUT2D eigenvalue weighted by Crippen LogP contribution is 2.14. The second-order valence-electron chi connectivity index (χ2n) is 4.64. The molecule has 100 valence electrons. The van der Waals surface area contributed by atoms with Crippen LogP contribution < -0.4 is 5.32 Å². The van der Waals surface area contributed by atoms with Gasteiger partial charge in [-0.15, -0.1) is 0 Å². The Morgan fingerprint density at radius 1 is 1.42 bits per heavy atom. The Labute approximate surface area is 113 Å². The Hall–Kier alpha value is -2.10. The molecule has 4 heteroatoms. The highest BCUT2D eigenvalue weighted by atomic mass is 16.1. The predicted molar refractivity (Wildman–Crippen MR) is 76.0 cm³/mol. The van der Waals surface area contributed by atoms with Gasteiger partial charge >= 0.3 is 0 Å². The molecule has 1 aromatic heterocycles. The van der Waals surface area contributed by atoms with E-state index in [2.05, 4.69) is 23.4 Å². The third-order valence-electron chi connectivity index (χ3n) is 3.08. The summed E-state index contributed by atoms with van der Waals surface area (Å²) in [7, 11) is 0. The van der Waals surface area contributed by atoms with E-state index in [4.69, 9.17) is 0 Å². The lowest BCUT2D eigenvalue weighted by Crippen LogP contribution is -2.17. The van der Waals surface area contributed by atoms with Crippen LogP contribution in [0.3, 0.4) is 0 Å². The summed E-state index contributed by atoms with van der Waals surface area (Å²) < 4.78 is 1.79. The molecule has 0 fully saturated rings. The van der Waals surface area contributed by atoms with E-state index in [0.29, 0.717) is 6.42 Å². The van der Waals surface area contributed by atoms with E-state index in [9.17, 15) is 4.79 Å². The molecule has 2 rings (SSSR count). The van der Waals surface area contributed by atoms with Gasteiger partial charge in [-0.3, -0.25) is 9.48 Å². The zero-order chi connectivity index (χ0) is 13.7. The lowest BCUT2D eigenvalue weighted by atomic mass is 10.1. The number of benzene rings is 1. The van der Waals surface area contributed by atoms with Gasteiger partial charge in [0.05, 0.1) is 6.04 Å². The molecule has 2 aromatic rings. The van der Waals surface area contributed by atoms with Crippen molar-refractivity contribution in [3.63, 3.8) is 0 Å². The Morgan fingerprint density at radius 3 is 2.95 bits per heavy atom. The summed E-state index contributed by atoms with van der Waals surface area (Å²) in [5.74, 6) is 0.0104. The first-order valence-corrected chi connectivity index (χ1v) is 6.57. The van der Waals surface area contributed by atoms with E-state index in [0.717, 1.165) is 12.1 Å². The van der Waals surface area contributed by atoms with Gasteiger partial charge in [0.1, 0.15) is 0 Å². The molecule has 0 aliphatic carbocycles. The SMILES string of the molecule is CCc1cccc(NC(=O)C[C@@H](C)n2cccn2)c1. The second kappa shape index (κ2) is 6.18. The Kier molecular flexibility index (Phi) is 4.34. The summed E-state index contributed by atoms with van der Waals surface area (Å²) in [5, 5.41) is 7.07. The van der Waals surface area contributed by atoms with Crippen LogP contribution in [0, 0.1) is 0 Å². The van der Waals surface area contributed by atoms with Crippen LogP contribution in [0.4, 0.5) is 5.69 Å². The summed E-state index contributed by atoms with van der Waals surface area (Å²) in [6, 6.07) is 9.86. The van der Waals surface area contributed by atoms with Crippen LogP contribution in [0.1, 0.15) is 31.9 Å². The Morgan fingerprint density at radius 2 is 2.26 bits per heavy atom. The largest absolute Gasteiger partial charge is 0.326 e. The van der Waals surface area contributed by atoms with Gasteiger partial charge in [-0.1, -0.05) is 19.1 Å². The number of nitrogens with one attached hydrogen (secondary N) is 1. The number of rotatable bonds is 5. The van der Waals surface area contributed by atoms with Crippen LogP contribution in [-0.4, -0.2) is 15.7 Å². The zero-order valence-electron chi connectivity index (χ0n) is 11.3. The fraction of sp³-hybridized carbons (Fsp3) is 0.333. The van der Waals surface area contributed by atoms with Crippen molar-refractivity contribution in [3.05, 3.63) is 48.3 Å². The average molecular weight is 257 g/mol. The second-order valence-corrected chi connectivity index (χ2v) is 4.64. The molecule has 0 unspecified atom stereocenters. The third-order valence-corrected chi connectivity index (χ3v) is 3.08. The predicted octanol–water partition coefficient (Wildman–Crippen LogP) is 3.04. The number of amides is 1. The average Bonchev–Trinajstić information content (AvgIpc) is 2.92. The maximum Gasteiger partial charge on any atom is 0.226 e. The Balaban J connectivity index is 1.93. The molecule has 0 saturated heterocycles. The standard InChI is InChI=1S/C15H19N3O/c1-3-13-6-4-7-14(11-13)17-15(19)10-12(2)18-9-5-8-16-18/h4-9,11-12H,3,10H2,1-2H3,(H,17,19)/t12-/m1/s1. The van der Waals surface area contributed by atoms with Crippen molar-refractivity contribution in [2.75, 3.05) is 5.32 Å². The topological polar surface area (TPSA) is 46.9 Å². The normalized spacial score (nSPS) is 12.1. The smallest absolute Gasteiger partial charge is 0.226 e. The summed E-state index contributed by atoms with van der Waals surface area (Å²) in [6.07, 6.45) is 4.97. The van der Waals surface area contributed by atoms with E-state index >= 15 is 0 Å². The van der Waals surface area contributed by atoms with E-state index < -0.39 is 0 Å². The Bertz CT molecular complexity index is 534. The van der Waals surface area contributed by atoms with Gasteiger partial charge in [0.2, 0.25) is 5.91 Å². The fourth-order valence-corrected chi connectivity index (χ4v) is 1.98.